The lowest BCUT2D eigenvalue weighted by molar-refractivity contribution is -0.384. The zero-order valence-corrected chi connectivity index (χ0v) is 13.8. The molecule has 0 radical (unpaired) electrons. The summed E-state index contributed by atoms with van der Waals surface area (Å²) in [5.74, 6) is -0.456. The van der Waals surface area contributed by atoms with Gasteiger partial charge in [0.05, 0.1) is 15.8 Å². The molecule has 2 N–H and O–H groups in total. The molecule has 0 atom stereocenters. The molecule has 0 bridgehead atoms. The van der Waals surface area contributed by atoms with E-state index in [2.05, 4.69) is 10.3 Å². The van der Waals surface area contributed by atoms with E-state index in [1.165, 1.54) is 41.0 Å². The summed E-state index contributed by atoms with van der Waals surface area (Å²) in [6.45, 7) is 0. The molecule has 1 heterocycles. The van der Waals surface area contributed by atoms with E-state index in [9.17, 15) is 19.7 Å². The molecule has 0 aliphatic heterocycles. The summed E-state index contributed by atoms with van der Waals surface area (Å²) in [4.78, 5) is 37.7. The Bertz CT molecular complexity index is 1130. The van der Waals surface area contributed by atoms with Crippen molar-refractivity contribution < 1.29 is 9.72 Å². The van der Waals surface area contributed by atoms with Gasteiger partial charge in [-0.3, -0.25) is 24.3 Å². The molecule has 25 heavy (non-hydrogen) atoms. The lowest BCUT2D eigenvalue weighted by Crippen LogP contribution is -2.19. The molecular weight excluding hydrogens is 344 g/mol. The Balaban J connectivity index is 1.96. The van der Waals surface area contributed by atoms with Gasteiger partial charge in [0.15, 0.2) is 4.77 Å². The number of hydrogen-bond donors (Lipinski definition) is 2. The average Bonchev–Trinajstić information content (AvgIpc) is 2.59. The molecule has 0 saturated heterocycles. The molecule has 3 aromatic rings. The summed E-state index contributed by atoms with van der Waals surface area (Å²) in [5.41, 5.74) is 0.655. The Morgan fingerprint density at radius 3 is 2.76 bits per heavy atom. The van der Waals surface area contributed by atoms with Crippen molar-refractivity contribution in [2.45, 2.75) is 0 Å². The maximum Gasteiger partial charge on any atom is 0.271 e. The van der Waals surface area contributed by atoms with Crippen LogP contribution in [0.2, 0.25) is 0 Å². The number of carbonyl (C=O) groups is 1. The van der Waals surface area contributed by atoms with Crippen LogP contribution in [-0.2, 0) is 7.05 Å². The largest absolute Gasteiger partial charge is 0.332 e. The number of aromatic amines is 1. The van der Waals surface area contributed by atoms with Gasteiger partial charge < -0.3 is 10.3 Å². The third-order valence-corrected chi connectivity index (χ3v) is 4.05. The van der Waals surface area contributed by atoms with Gasteiger partial charge in [-0.1, -0.05) is 6.07 Å². The second kappa shape index (κ2) is 6.29. The summed E-state index contributed by atoms with van der Waals surface area (Å²) in [6, 6.07) is 10.2. The van der Waals surface area contributed by atoms with Crippen LogP contribution in [0.5, 0.6) is 0 Å². The molecule has 1 amide bonds. The fourth-order valence-corrected chi connectivity index (χ4v) is 2.54. The van der Waals surface area contributed by atoms with Crippen LogP contribution in [0.25, 0.3) is 10.9 Å². The minimum Gasteiger partial charge on any atom is -0.332 e. The Morgan fingerprint density at radius 1 is 1.28 bits per heavy atom. The minimum atomic E-state index is -0.540. The van der Waals surface area contributed by atoms with Crippen LogP contribution in [0.4, 0.5) is 11.4 Å². The average molecular weight is 356 g/mol. The number of H-pyrrole nitrogens is 1. The Hall–Kier alpha value is -3.33. The number of nitrogens with one attached hydrogen (secondary N) is 2. The van der Waals surface area contributed by atoms with Crippen molar-refractivity contribution in [3.63, 3.8) is 0 Å². The molecular formula is C16H12N4O4S. The monoisotopic (exact) mass is 356 g/mol. The topological polar surface area (TPSA) is 110 Å². The van der Waals surface area contributed by atoms with Crippen LogP contribution >= 0.6 is 12.2 Å². The van der Waals surface area contributed by atoms with Crippen LogP contribution in [-0.4, -0.2) is 20.4 Å². The number of amides is 1. The maximum absolute atomic E-state index is 12.4. The summed E-state index contributed by atoms with van der Waals surface area (Å²) in [7, 11) is 1.56. The molecule has 0 fully saturated rings. The first-order valence-electron chi connectivity index (χ1n) is 7.15. The summed E-state index contributed by atoms with van der Waals surface area (Å²) >= 11 is 5.06. The molecule has 0 unspecified atom stereocenters. The SMILES string of the molecule is Cn1c(=S)[nH]c2cc(C(=O)Nc3cccc([N+](=O)[O-])c3)ccc2c1=O. The van der Waals surface area contributed by atoms with E-state index in [-0.39, 0.29) is 21.6 Å². The number of nitrogens with zero attached hydrogens (tertiary/aromatic N) is 2. The van der Waals surface area contributed by atoms with Crippen molar-refractivity contribution in [2.24, 2.45) is 7.05 Å². The molecule has 0 spiro atoms. The molecule has 2 aromatic carbocycles. The van der Waals surface area contributed by atoms with E-state index >= 15 is 0 Å². The molecule has 0 aliphatic carbocycles. The van der Waals surface area contributed by atoms with Crippen molar-refractivity contribution in [3.05, 3.63) is 73.3 Å². The second-order valence-electron chi connectivity index (χ2n) is 5.32. The number of nitro groups is 1. The Labute approximate surface area is 145 Å². The predicted octanol–water partition coefficient (Wildman–Crippen LogP) is 2.76. The van der Waals surface area contributed by atoms with Crippen LogP contribution in [0.15, 0.2) is 47.3 Å². The van der Waals surface area contributed by atoms with Gasteiger partial charge in [-0.15, -0.1) is 0 Å². The van der Waals surface area contributed by atoms with E-state index in [1.807, 2.05) is 0 Å². The third kappa shape index (κ3) is 3.17. The van der Waals surface area contributed by atoms with E-state index in [1.54, 1.807) is 13.1 Å². The van der Waals surface area contributed by atoms with Gasteiger partial charge in [0, 0.05) is 30.4 Å². The van der Waals surface area contributed by atoms with Crippen molar-refractivity contribution in [3.8, 4) is 0 Å². The fraction of sp³-hybridized carbons (Fsp3) is 0.0625. The van der Waals surface area contributed by atoms with Gasteiger partial charge in [-0.25, -0.2) is 0 Å². The smallest absolute Gasteiger partial charge is 0.271 e. The fourth-order valence-electron chi connectivity index (χ4n) is 2.35. The van der Waals surface area contributed by atoms with Gasteiger partial charge >= 0.3 is 0 Å². The van der Waals surface area contributed by atoms with Crippen molar-refractivity contribution >= 4 is 40.4 Å². The number of benzene rings is 2. The first-order chi connectivity index (χ1) is 11.9. The molecule has 126 valence electrons. The van der Waals surface area contributed by atoms with Crippen molar-refractivity contribution in [2.75, 3.05) is 5.32 Å². The third-order valence-electron chi connectivity index (χ3n) is 3.68. The van der Waals surface area contributed by atoms with Gasteiger partial charge in [0.1, 0.15) is 0 Å². The van der Waals surface area contributed by atoms with Gasteiger partial charge in [-0.2, -0.15) is 0 Å². The first-order valence-corrected chi connectivity index (χ1v) is 7.56. The molecule has 0 saturated carbocycles. The number of hydrogen-bond acceptors (Lipinski definition) is 5. The van der Waals surface area contributed by atoms with E-state index < -0.39 is 10.8 Å². The predicted molar refractivity (Wildman–Crippen MR) is 95.4 cm³/mol. The highest BCUT2D eigenvalue weighted by atomic mass is 32.1. The minimum absolute atomic E-state index is 0.121. The summed E-state index contributed by atoms with van der Waals surface area (Å²) < 4.78 is 1.55. The molecule has 1 aromatic heterocycles. The standard InChI is InChI=1S/C16H12N4O4S/c1-19-15(22)12-6-5-9(7-13(12)18-16(19)25)14(21)17-10-3-2-4-11(8-10)20(23)24/h2-8H,1H3,(H,17,21)(H,18,25). The number of anilines is 1. The quantitative estimate of drug-likeness (QED) is 0.426. The van der Waals surface area contributed by atoms with Crippen molar-refractivity contribution in [1.82, 2.24) is 9.55 Å². The molecule has 0 aliphatic rings. The van der Waals surface area contributed by atoms with Crippen LogP contribution in [0.1, 0.15) is 10.4 Å². The number of fused-ring (bicyclic) bond motifs is 1. The number of carbonyl (C=O) groups excluding carboxylic acids is 1. The number of nitro benzene ring substituents is 1. The van der Waals surface area contributed by atoms with Crippen LogP contribution in [0, 0.1) is 14.9 Å². The van der Waals surface area contributed by atoms with Gasteiger partial charge in [-0.05, 0) is 36.5 Å². The highest BCUT2D eigenvalue weighted by molar-refractivity contribution is 7.71. The molecule has 8 nitrogen and oxygen atoms in total. The highest BCUT2D eigenvalue weighted by Gasteiger charge is 2.12. The van der Waals surface area contributed by atoms with E-state index in [4.69, 9.17) is 12.2 Å². The van der Waals surface area contributed by atoms with E-state index in [0.29, 0.717) is 16.6 Å². The highest BCUT2D eigenvalue weighted by Crippen LogP contribution is 2.18. The lowest BCUT2D eigenvalue weighted by Gasteiger charge is -2.07. The number of rotatable bonds is 3. The van der Waals surface area contributed by atoms with Crippen LogP contribution in [0.3, 0.4) is 0 Å². The lowest BCUT2D eigenvalue weighted by atomic mass is 10.1. The number of non-ortho nitro benzene ring substituents is 1. The van der Waals surface area contributed by atoms with E-state index in [0.717, 1.165) is 0 Å². The summed E-state index contributed by atoms with van der Waals surface area (Å²) in [6.07, 6.45) is 0. The first kappa shape index (κ1) is 16.5. The maximum atomic E-state index is 12.4. The molecule has 9 heteroatoms. The van der Waals surface area contributed by atoms with Gasteiger partial charge in [0.2, 0.25) is 0 Å². The Kier molecular flexibility index (Phi) is 4.15. The normalized spacial score (nSPS) is 10.6. The van der Waals surface area contributed by atoms with Gasteiger partial charge in [0.25, 0.3) is 17.2 Å². The zero-order valence-electron chi connectivity index (χ0n) is 13.0. The molecule has 3 rings (SSSR count). The number of aromatic nitrogens is 2. The zero-order chi connectivity index (χ0) is 18.1. The second-order valence-corrected chi connectivity index (χ2v) is 5.70. The Morgan fingerprint density at radius 2 is 2.04 bits per heavy atom. The van der Waals surface area contributed by atoms with Crippen molar-refractivity contribution in [1.29, 1.82) is 0 Å². The summed E-state index contributed by atoms with van der Waals surface area (Å²) in [5, 5.41) is 13.8. The van der Waals surface area contributed by atoms with Crippen LogP contribution < -0.4 is 10.9 Å².